The molecular formula is C9H12N2O2. The summed E-state index contributed by atoms with van der Waals surface area (Å²) in [6, 6.07) is 0. The smallest absolute Gasteiger partial charge is 0.303 e. The fraction of sp³-hybridized carbons (Fsp3) is 0.556. The molecular weight excluding hydrogens is 168 g/mol. The van der Waals surface area contributed by atoms with E-state index in [1.54, 1.807) is 6.33 Å². The van der Waals surface area contributed by atoms with Crippen LogP contribution in [-0.2, 0) is 17.6 Å². The van der Waals surface area contributed by atoms with E-state index in [1.807, 2.05) is 0 Å². The maximum atomic E-state index is 10.5. The standard InChI is InChI=1S/C9H12N2O2/c12-9(13)4-6-1-2-7-8(3-6)11-5-10-7/h5-6H,1-4H2,(H,10,11)(H,12,13). The van der Waals surface area contributed by atoms with Crippen molar-refractivity contribution < 1.29 is 9.90 Å². The second-order valence-corrected chi connectivity index (χ2v) is 3.53. The number of rotatable bonds is 2. The number of imidazole rings is 1. The molecule has 2 N–H and O–H groups in total. The van der Waals surface area contributed by atoms with Crippen LogP contribution in [0.15, 0.2) is 6.33 Å². The predicted octanol–water partition coefficient (Wildman–Crippen LogP) is 0.989. The summed E-state index contributed by atoms with van der Waals surface area (Å²) < 4.78 is 0. The molecule has 0 bridgehead atoms. The summed E-state index contributed by atoms with van der Waals surface area (Å²) in [4.78, 5) is 17.7. The van der Waals surface area contributed by atoms with Gasteiger partial charge in [-0.1, -0.05) is 0 Å². The Balaban J connectivity index is 2.04. The Morgan fingerprint density at radius 1 is 1.77 bits per heavy atom. The number of carboxylic acids is 1. The Kier molecular flexibility index (Phi) is 2.04. The molecule has 1 aromatic rings. The highest BCUT2D eigenvalue weighted by Crippen LogP contribution is 2.24. The van der Waals surface area contributed by atoms with E-state index in [0.29, 0.717) is 0 Å². The van der Waals surface area contributed by atoms with Crippen molar-refractivity contribution >= 4 is 5.97 Å². The molecule has 0 fully saturated rings. The van der Waals surface area contributed by atoms with Gasteiger partial charge in [0.1, 0.15) is 0 Å². The minimum absolute atomic E-state index is 0.276. The number of aromatic nitrogens is 2. The second kappa shape index (κ2) is 3.20. The van der Waals surface area contributed by atoms with Crippen molar-refractivity contribution in [3.8, 4) is 0 Å². The van der Waals surface area contributed by atoms with Gasteiger partial charge >= 0.3 is 5.97 Å². The van der Waals surface area contributed by atoms with Crippen LogP contribution in [-0.4, -0.2) is 21.0 Å². The molecule has 2 rings (SSSR count). The highest BCUT2D eigenvalue weighted by atomic mass is 16.4. The summed E-state index contributed by atoms with van der Waals surface area (Å²) in [5, 5.41) is 8.64. The Labute approximate surface area is 76.0 Å². The van der Waals surface area contributed by atoms with Crippen molar-refractivity contribution in [1.29, 1.82) is 0 Å². The Bertz CT molecular complexity index is 319. The average Bonchev–Trinajstić information content (AvgIpc) is 2.49. The summed E-state index contributed by atoms with van der Waals surface area (Å²) in [5.74, 6) is -0.418. The molecule has 1 aliphatic rings. The van der Waals surface area contributed by atoms with Crippen LogP contribution < -0.4 is 0 Å². The number of carboxylic acid groups (broad SMARTS) is 1. The number of nitrogens with one attached hydrogen (secondary N) is 1. The van der Waals surface area contributed by atoms with Gasteiger partial charge in [-0.15, -0.1) is 0 Å². The lowest BCUT2D eigenvalue weighted by Gasteiger charge is -2.19. The van der Waals surface area contributed by atoms with Crippen LogP contribution in [0.1, 0.15) is 24.2 Å². The third-order valence-corrected chi connectivity index (χ3v) is 2.55. The first-order valence-corrected chi connectivity index (χ1v) is 4.48. The van der Waals surface area contributed by atoms with Crippen LogP contribution in [0, 0.1) is 5.92 Å². The van der Waals surface area contributed by atoms with Gasteiger partial charge in [0.05, 0.1) is 12.0 Å². The zero-order valence-corrected chi connectivity index (χ0v) is 7.29. The van der Waals surface area contributed by atoms with Gasteiger partial charge in [-0.05, 0) is 25.2 Å². The number of H-pyrrole nitrogens is 1. The molecule has 1 heterocycles. The number of nitrogens with zero attached hydrogens (tertiary/aromatic N) is 1. The summed E-state index contributed by atoms with van der Waals surface area (Å²) in [5.41, 5.74) is 2.24. The number of aromatic amines is 1. The molecule has 0 radical (unpaired) electrons. The highest BCUT2D eigenvalue weighted by Gasteiger charge is 2.22. The van der Waals surface area contributed by atoms with E-state index < -0.39 is 5.97 Å². The quantitative estimate of drug-likeness (QED) is 0.713. The minimum atomic E-state index is -0.701. The predicted molar refractivity (Wildman–Crippen MR) is 46.4 cm³/mol. The van der Waals surface area contributed by atoms with Crippen LogP contribution in [0.5, 0.6) is 0 Å². The van der Waals surface area contributed by atoms with Gasteiger partial charge in [0.2, 0.25) is 0 Å². The van der Waals surface area contributed by atoms with Crippen molar-refractivity contribution in [3.63, 3.8) is 0 Å². The lowest BCUT2D eigenvalue weighted by atomic mass is 9.87. The van der Waals surface area contributed by atoms with E-state index in [1.165, 1.54) is 0 Å². The number of carbonyl (C=O) groups is 1. The largest absolute Gasteiger partial charge is 0.481 e. The van der Waals surface area contributed by atoms with Crippen molar-refractivity contribution in [2.45, 2.75) is 25.7 Å². The van der Waals surface area contributed by atoms with Crippen LogP contribution in [0.4, 0.5) is 0 Å². The first kappa shape index (κ1) is 8.29. The summed E-state index contributed by atoms with van der Waals surface area (Å²) in [7, 11) is 0. The third-order valence-electron chi connectivity index (χ3n) is 2.55. The van der Waals surface area contributed by atoms with Crippen molar-refractivity contribution in [2.24, 2.45) is 5.92 Å². The third kappa shape index (κ3) is 1.71. The number of hydrogen-bond acceptors (Lipinski definition) is 2. The van der Waals surface area contributed by atoms with E-state index in [9.17, 15) is 4.79 Å². The molecule has 1 aromatic heterocycles. The molecule has 4 nitrogen and oxygen atoms in total. The maximum absolute atomic E-state index is 10.5. The molecule has 0 spiro atoms. The molecule has 0 saturated heterocycles. The lowest BCUT2D eigenvalue weighted by Crippen LogP contribution is -2.17. The molecule has 1 aliphatic carbocycles. The van der Waals surface area contributed by atoms with Crippen molar-refractivity contribution in [1.82, 2.24) is 9.97 Å². The Hall–Kier alpha value is -1.32. The van der Waals surface area contributed by atoms with Crippen LogP contribution in [0.3, 0.4) is 0 Å². The normalized spacial score (nSPS) is 21.1. The SMILES string of the molecule is O=C(O)CC1CCc2nc[nH]c2C1. The van der Waals surface area contributed by atoms with Crippen molar-refractivity contribution in [2.75, 3.05) is 0 Å². The van der Waals surface area contributed by atoms with Gasteiger partial charge in [-0.3, -0.25) is 4.79 Å². The number of aryl methyl sites for hydroxylation is 1. The zero-order valence-electron chi connectivity index (χ0n) is 7.29. The maximum Gasteiger partial charge on any atom is 0.303 e. The van der Waals surface area contributed by atoms with Gasteiger partial charge in [0.15, 0.2) is 0 Å². The van der Waals surface area contributed by atoms with E-state index in [2.05, 4.69) is 9.97 Å². The molecule has 0 aromatic carbocycles. The summed E-state index contributed by atoms with van der Waals surface area (Å²) in [6.07, 6.45) is 4.66. The fourth-order valence-corrected chi connectivity index (χ4v) is 1.89. The molecule has 1 unspecified atom stereocenters. The van der Waals surface area contributed by atoms with Gasteiger partial charge in [0, 0.05) is 12.1 Å². The first-order valence-electron chi connectivity index (χ1n) is 4.48. The topological polar surface area (TPSA) is 66.0 Å². The summed E-state index contributed by atoms with van der Waals surface area (Å²) in [6.45, 7) is 0. The van der Waals surface area contributed by atoms with Crippen LogP contribution >= 0.6 is 0 Å². The van der Waals surface area contributed by atoms with Crippen LogP contribution in [0.25, 0.3) is 0 Å². The monoisotopic (exact) mass is 180 g/mol. The number of hydrogen-bond donors (Lipinski definition) is 2. The Morgan fingerprint density at radius 3 is 3.38 bits per heavy atom. The van der Waals surface area contributed by atoms with Gasteiger partial charge in [-0.2, -0.15) is 0 Å². The summed E-state index contributed by atoms with van der Waals surface area (Å²) >= 11 is 0. The number of fused-ring (bicyclic) bond motifs is 1. The molecule has 4 heteroatoms. The molecule has 0 saturated carbocycles. The highest BCUT2D eigenvalue weighted by molar-refractivity contribution is 5.67. The molecule has 0 amide bonds. The Morgan fingerprint density at radius 2 is 2.62 bits per heavy atom. The van der Waals surface area contributed by atoms with Gasteiger partial charge in [0.25, 0.3) is 0 Å². The molecule has 70 valence electrons. The second-order valence-electron chi connectivity index (χ2n) is 3.53. The average molecular weight is 180 g/mol. The molecule has 13 heavy (non-hydrogen) atoms. The number of aliphatic carboxylic acids is 1. The van der Waals surface area contributed by atoms with E-state index in [0.717, 1.165) is 30.7 Å². The molecule has 1 atom stereocenters. The van der Waals surface area contributed by atoms with Gasteiger partial charge in [-0.25, -0.2) is 4.98 Å². The fourth-order valence-electron chi connectivity index (χ4n) is 1.89. The van der Waals surface area contributed by atoms with E-state index in [4.69, 9.17) is 5.11 Å². The van der Waals surface area contributed by atoms with E-state index in [-0.39, 0.29) is 12.3 Å². The zero-order chi connectivity index (χ0) is 9.26. The molecule has 0 aliphatic heterocycles. The van der Waals surface area contributed by atoms with E-state index >= 15 is 0 Å². The van der Waals surface area contributed by atoms with Gasteiger partial charge < -0.3 is 10.1 Å². The van der Waals surface area contributed by atoms with Crippen LogP contribution in [0.2, 0.25) is 0 Å². The minimum Gasteiger partial charge on any atom is -0.481 e. The lowest BCUT2D eigenvalue weighted by molar-refractivity contribution is -0.138. The first-order chi connectivity index (χ1) is 6.25. The van der Waals surface area contributed by atoms with Crippen molar-refractivity contribution in [3.05, 3.63) is 17.7 Å².